The Morgan fingerprint density at radius 2 is 1.82 bits per heavy atom. The predicted octanol–water partition coefficient (Wildman–Crippen LogP) is 2.73. The third-order valence-corrected chi connectivity index (χ3v) is 3.91. The van der Waals surface area contributed by atoms with Crippen LogP contribution in [0, 0.1) is 0 Å². The van der Waals surface area contributed by atoms with Crippen molar-refractivity contribution >= 4 is 0 Å². The Bertz CT molecular complexity index is 602. The Morgan fingerprint density at radius 3 is 2.82 bits per heavy atom. The molecule has 4 rings (SSSR count). The average Bonchev–Trinajstić information content (AvgIpc) is 2.83. The van der Waals surface area contributed by atoms with Crippen molar-refractivity contribution in [1.82, 2.24) is 9.97 Å². The zero-order valence-corrected chi connectivity index (χ0v) is 9.74. The van der Waals surface area contributed by atoms with Crippen molar-refractivity contribution in [3.8, 4) is 11.4 Å². The molecule has 2 heteroatoms. The van der Waals surface area contributed by atoms with Crippen LogP contribution in [-0.4, -0.2) is 9.97 Å². The van der Waals surface area contributed by atoms with Gasteiger partial charge in [0.05, 0.1) is 11.4 Å². The number of aryl methyl sites for hydroxylation is 4. The van der Waals surface area contributed by atoms with Crippen LogP contribution in [0.5, 0.6) is 0 Å². The molecule has 0 atom stereocenters. The molecule has 0 aromatic carbocycles. The van der Waals surface area contributed by atoms with Crippen molar-refractivity contribution in [2.24, 2.45) is 0 Å². The highest BCUT2D eigenvalue weighted by Crippen LogP contribution is 2.33. The van der Waals surface area contributed by atoms with Gasteiger partial charge in [0.2, 0.25) is 0 Å². The first-order valence-electron chi connectivity index (χ1n) is 6.38. The van der Waals surface area contributed by atoms with Crippen molar-refractivity contribution in [3.05, 3.63) is 46.8 Å². The molecule has 84 valence electrons. The van der Waals surface area contributed by atoms with Crippen LogP contribution in [0.4, 0.5) is 0 Å². The Balaban J connectivity index is 1.98. The number of rotatable bonds is 0. The zero-order chi connectivity index (χ0) is 11.2. The maximum Gasteiger partial charge on any atom is 0.0924 e. The molecule has 0 bridgehead atoms. The quantitative estimate of drug-likeness (QED) is 0.685. The minimum absolute atomic E-state index is 1.11. The lowest BCUT2D eigenvalue weighted by Gasteiger charge is -2.18. The molecule has 2 aromatic rings. The van der Waals surface area contributed by atoms with E-state index in [4.69, 9.17) is 4.98 Å². The minimum Gasteiger partial charge on any atom is -0.254 e. The molecule has 2 aromatic heterocycles. The second-order valence-electron chi connectivity index (χ2n) is 4.97. The fraction of sp³-hybridized carbons (Fsp3) is 0.333. The molecule has 0 N–H and O–H groups in total. The van der Waals surface area contributed by atoms with Gasteiger partial charge in [0.1, 0.15) is 0 Å². The molecule has 0 fully saturated rings. The number of hydrogen-bond acceptors (Lipinski definition) is 2. The average molecular weight is 222 g/mol. The van der Waals surface area contributed by atoms with E-state index in [1.807, 2.05) is 12.3 Å². The van der Waals surface area contributed by atoms with Crippen molar-refractivity contribution in [1.29, 1.82) is 0 Å². The number of nitrogens with zero attached hydrogens (tertiary/aromatic N) is 2. The van der Waals surface area contributed by atoms with E-state index < -0.39 is 0 Å². The van der Waals surface area contributed by atoms with E-state index in [1.54, 1.807) is 0 Å². The minimum atomic E-state index is 1.11. The highest BCUT2D eigenvalue weighted by molar-refractivity contribution is 5.66. The fourth-order valence-electron chi connectivity index (χ4n) is 3.04. The van der Waals surface area contributed by atoms with E-state index >= 15 is 0 Å². The molecular formula is C15H14N2. The molecular weight excluding hydrogens is 208 g/mol. The predicted molar refractivity (Wildman–Crippen MR) is 66.9 cm³/mol. The molecule has 0 unspecified atom stereocenters. The summed E-state index contributed by atoms with van der Waals surface area (Å²) in [5, 5.41) is 0. The lowest BCUT2D eigenvalue weighted by atomic mass is 9.91. The summed E-state index contributed by atoms with van der Waals surface area (Å²) in [5.74, 6) is 0. The summed E-state index contributed by atoms with van der Waals surface area (Å²) < 4.78 is 0. The lowest BCUT2D eigenvalue weighted by molar-refractivity contribution is 0.893. The molecule has 0 saturated heterocycles. The van der Waals surface area contributed by atoms with Crippen LogP contribution >= 0.6 is 0 Å². The molecule has 2 aliphatic rings. The third kappa shape index (κ3) is 1.33. The summed E-state index contributed by atoms with van der Waals surface area (Å²) in [7, 11) is 0. The first-order valence-corrected chi connectivity index (χ1v) is 6.38. The van der Waals surface area contributed by atoms with Crippen molar-refractivity contribution < 1.29 is 0 Å². The van der Waals surface area contributed by atoms with Crippen LogP contribution in [-0.2, 0) is 25.7 Å². The lowest BCUT2D eigenvalue weighted by Crippen LogP contribution is -2.09. The summed E-state index contributed by atoms with van der Waals surface area (Å²) >= 11 is 0. The summed E-state index contributed by atoms with van der Waals surface area (Å²) in [6.45, 7) is 0. The van der Waals surface area contributed by atoms with Gasteiger partial charge in [-0.3, -0.25) is 9.97 Å². The van der Waals surface area contributed by atoms with Gasteiger partial charge in [-0.15, -0.1) is 0 Å². The Morgan fingerprint density at radius 1 is 0.882 bits per heavy atom. The number of hydrogen-bond donors (Lipinski definition) is 0. The van der Waals surface area contributed by atoms with Crippen LogP contribution in [0.1, 0.15) is 28.8 Å². The van der Waals surface area contributed by atoms with Gasteiger partial charge in [0.15, 0.2) is 0 Å². The van der Waals surface area contributed by atoms with E-state index in [2.05, 4.69) is 17.1 Å². The molecule has 2 nitrogen and oxygen atoms in total. The summed E-state index contributed by atoms with van der Waals surface area (Å²) in [5.41, 5.74) is 7.80. The normalized spacial score (nSPS) is 16.2. The van der Waals surface area contributed by atoms with Gasteiger partial charge in [0, 0.05) is 11.9 Å². The van der Waals surface area contributed by atoms with Crippen LogP contribution < -0.4 is 0 Å². The zero-order valence-electron chi connectivity index (χ0n) is 9.74. The second kappa shape index (κ2) is 3.39. The van der Waals surface area contributed by atoms with Crippen molar-refractivity contribution in [2.45, 2.75) is 32.1 Å². The highest BCUT2D eigenvalue weighted by atomic mass is 14.8. The molecule has 0 amide bonds. The fourth-order valence-corrected chi connectivity index (χ4v) is 3.04. The smallest absolute Gasteiger partial charge is 0.0924 e. The van der Waals surface area contributed by atoms with Gasteiger partial charge in [0.25, 0.3) is 0 Å². The van der Waals surface area contributed by atoms with Crippen LogP contribution in [0.25, 0.3) is 11.4 Å². The summed E-state index contributed by atoms with van der Waals surface area (Å²) in [6, 6.07) is 6.58. The van der Waals surface area contributed by atoms with E-state index in [1.165, 1.54) is 35.2 Å². The maximum atomic E-state index is 4.87. The molecule has 0 saturated carbocycles. The summed E-state index contributed by atoms with van der Waals surface area (Å²) in [6.07, 6.45) is 7.73. The Labute approximate surface area is 101 Å². The monoisotopic (exact) mass is 222 g/mol. The molecule has 2 aliphatic carbocycles. The van der Waals surface area contributed by atoms with Gasteiger partial charge in [-0.1, -0.05) is 12.1 Å². The molecule has 0 spiro atoms. The largest absolute Gasteiger partial charge is 0.254 e. The Kier molecular flexibility index (Phi) is 1.87. The standard InChI is InChI=1S/C15H14N2/c1-3-11-9-12-7-6-10-4-2-8-16-14(10)15(12)17-13(11)5-1/h2,4,8-9H,1,3,5-7H2. The maximum absolute atomic E-state index is 4.87. The van der Waals surface area contributed by atoms with Gasteiger partial charge < -0.3 is 0 Å². The van der Waals surface area contributed by atoms with E-state index in [9.17, 15) is 0 Å². The van der Waals surface area contributed by atoms with E-state index in [0.717, 1.165) is 30.7 Å². The van der Waals surface area contributed by atoms with Gasteiger partial charge in [-0.2, -0.15) is 0 Å². The SMILES string of the molecule is c1cnc2c(c1)CCc1cc3c(nc1-2)CCC3. The second-order valence-corrected chi connectivity index (χ2v) is 4.97. The van der Waals surface area contributed by atoms with Crippen LogP contribution in [0.15, 0.2) is 24.4 Å². The summed E-state index contributed by atoms with van der Waals surface area (Å²) in [4.78, 5) is 9.40. The van der Waals surface area contributed by atoms with Crippen molar-refractivity contribution in [2.75, 3.05) is 0 Å². The topological polar surface area (TPSA) is 25.8 Å². The first kappa shape index (κ1) is 9.34. The number of pyridine rings is 2. The Hall–Kier alpha value is -1.70. The highest BCUT2D eigenvalue weighted by Gasteiger charge is 2.22. The molecule has 2 heterocycles. The first-order chi connectivity index (χ1) is 8.42. The van der Waals surface area contributed by atoms with E-state index in [0.29, 0.717) is 0 Å². The van der Waals surface area contributed by atoms with Gasteiger partial charge >= 0.3 is 0 Å². The molecule has 17 heavy (non-hydrogen) atoms. The molecule has 0 radical (unpaired) electrons. The van der Waals surface area contributed by atoms with Crippen LogP contribution in [0.2, 0.25) is 0 Å². The van der Waals surface area contributed by atoms with Gasteiger partial charge in [-0.05, 0) is 54.9 Å². The number of aromatic nitrogens is 2. The van der Waals surface area contributed by atoms with Crippen molar-refractivity contribution in [3.63, 3.8) is 0 Å². The number of fused-ring (bicyclic) bond motifs is 4. The van der Waals surface area contributed by atoms with Gasteiger partial charge in [-0.25, -0.2) is 0 Å². The third-order valence-electron chi connectivity index (χ3n) is 3.91. The van der Waals surface area contributed by atoms with Crippen LogP contribution in [0.3, 0.4) is 0 Å². The molecule has 0 aliphatic heterocycles. The van der Waals surface area contributed by atoms with E-state index in [-0.39, 0.29) is 0 Å².